The lowest BCUT2D eigenvalue weighted by atomic mass is 9.94. The molecule has 0 radical (unpaired) electrons. The quantitative estimate of drug-likeness (QED) is 0.745. The van der Waals surface area contributed by atoms with Crippen LogP contribution in [0.4, 0.5) is 4.79 Å². The van der Waals surface area contributed by atoms with E-state index in [4.69, 9.17) is 9.47 Å². The van der Waals surface area contributed by atoms with Crippen molar-refractivity contribution < 1.29 is 14.3 Å². The molecule has 2 aromatic rings. The van der Waals surface area contributed by atoms with Crippen LogP contribution in [0, 0.1) is 0 Å². The lowest BCUT2D eigenvalue weighted by Crippen LogP contribution is -2.57. The second-order valence-corrected chi connectivity index (χ2v) is 7.17. The van der Waals surface area contributed by atoms with Gasteiger partial charge in [0.15, 0.2) is 0 Å². The molecule has 0 aromatic heterocycles. The number of benzene rings is 2. The van der Waals surface area contributed by atoms with Gasteiger partial charge in [-0.2, -0.15) is 0 Å². The minimum Gasteiger partial charge on any atom is -0.448 e. The van der Waals surface area contributed by atoms with Gasteiger partial charge in [0.05, 0.1) is 18.8 Å². The summed E-state index contributed by atoms with van der Waals surface area (Å²) in [6, 6.07) is 16.7. The van der Waals surface area contributed by atoms with Gasteiger partial charge in [-0.15, -0.1) is 6.58 Å². The summed E-state index contributed by atoms with van der Waals surface area (Å²) >= 11 is 0. The second-order valence-electron chi connectivity index (χ2n) is 7.17. The molecule has 27 heavy (non-hydrogen) atoms. The molecule has 2 aromatic carbocycles. The SMILES string of the molecule is C=CC1(CC)COCCN1C(=O)OCC1c2ccccc2-c2ccccc21. The van der Waals surface area contributed by atoms with E-state index in [9.17, 15) is 4.79 Å². The number of carbonyl (C=O) groups excluding carboxylic acids is 1. The molecular formula is C23H25NO3. The molecule has 140 valence electrons. The number of hydrogen-bond donors (Lipinski definition) is 0. The Morgan fingerprint density at radius 1 is 1.22 bits per heavy atom. The highest BCUT2D eigenvalue weighted by atomic mass is 16.6. The molecule has 0 bridgehead atoms. The average molecular weight is 363 g/mol. The van der Waals surface area contributed by atoms with E-state index >= 15 is 0 Å². The first-order valence-corrected chi connectivity index (χ1v) is 9.54. The third-order valence-corrected chi connectivity index (χ3v) is 5.90. The number of fused-ring (bicyclic) bond motifs is 3. The maximum absolute atomic E-state index is 12.9. The molecule has 4 heteroatoms. The van der Waals surface area contributed by atoms with Gasteiger partial charge in [-0.25, -0.2) is 4.79 Å². The van der Waals surface area contributed by atoms with Gasteiger partial charge in [0.25, 0.3) is 0 Å². The molecule has 1 fully saturated rings. The standard InChI is InChI=1S/C23H25NO3/c1-3-23(4-2)16-26-14-13-24(23)22(25)27-15-21-19-11-7-5-9-17(19)18-10-6-8-12-20(18)21/h3,5-12,21H,1,4,13-16H2,2H3. The van der Waals surface area contributed by atoms with Gasteiger partial charge < -0.3 is 9.47 Å². The summed E-state index contributed by atoms with van der Waals surface area (Å²) in [4.78, 5) is 14.7. The van der Waals surface area contributed by atoms with Crippen molar-refractivity contribution in [1.29, 1.82) is 0 Å². The number of amides is 1. The van der Waals surface area contributed by atoms with Crippen LogP contribution in [0.2, 0.25) is 0 Å². The monoisotopic (exact) mass is 363 g/mol. The fraction of sp³-hybridized carbons (Fsp3) is 0.348. The van der Waals surface area contributed by atoms with Crippen molar-refractivity contribution in [2.45, 2.75) is 24.8 Å². The van der Waals surface area contributed by atoms with E-state index < -0.39 is 5.54 Å². The molecule has 1 unspecified atom stereocenters. The van der Waals surface area contributed by atoms with Crippen LogP contribution in [-0.2, 0) is 9.47 Å². The topological polar surface area (TPSA) is 38.8 Å². The maximum atomic E-state index is 12.9. The number of nitrogens with zero attached hydrogens (tertiary/aromatic N) is 1. The van der Waals surface area contributed by atoms with Gasteiger partial charge in [0.1, 0.15) is 6.61 Å². The summed E-state index contributed by atoms with van der Waals surface area (Å²) in [7, 11) is 0. The Morgan fingerprint density at radius 2 is 1.85 bits per heavy atom. The Hall–Kier alpha value is -2.59. The zero-order valence-corrected chi connectivity index (χ0v) is 15.7. The van der Waals surface area contributed by atoms with Gasteiger partial charge in [0, 0.05) is 12.5 Å². The Kier molecular flexibility index (Phi) is 4.75. The fourth-order valence-electron chi connectivity index (χ4n) is 4.26. The van der Waals surface area contributed by atoms with Crippen molar-refractivity contribution in [2.75, 3.05) is 26.4 Å². The average Bonchev–Trinajstić information content (AvgIpc) is 3.05. The molecule has 1 saturated heterocycles. The highest BCUT2D eigenvalue weighted by Gasteiger charge is 2.40. The van der Waals surface area contributed by atoms with Gasteiger partial charge in [-0.3, -0.25) is 4.90 Å². The van der Waals surface area contributed by atoms with E-state index in [1.807, 2.05) is 25.1 Å². The van der Waals surface area contributed by atoms with Crippen LogP contribution in [0.3, 0.4) is 0 Å². The third-order valence-electron chi connectivity index (χ3n) is 5.90. The van der Waals surface area contributed by atoms with Crippen molar-refractivity contribution in [3.63, 3.8) is 0 Å². The Morgan fingerprint density at radius 3 is 2.44 bits per heavy atom. The van der Waals surface area contributed by atoms with E-state index in [0.29, 0.717) is 26.4 Å². The largest absolute Gasteiger partial charge is 0.448 e. The molecule has 1 heterocycles. The molecule has 1 aliphatic carbocycles. The minimum absolute atomic E-state index is 0.0714. The molecule has 0 N–H and O–H groups in total. The van der Waals surface area contributed by atoms with Crippen LogP contribution in [0.15, 0.2) is 61.2 Å². The van der Waals surface area contributed by atoms with E-state index in [2.05, 4.69) is 43.0 Å². The molecule has 1 amide bonds. The van der Waals surface area contributed by atoms with Gasteiger partial charge in [-0.05, 0) is 28.7 Å². The van der Waals surface area contributed by atoms with Crippen LogP contribution in [0.25, 0.3) is 11.1 Å². The van der Waals surface area contributed by atoms with Crippen LogP contribution >= 0.6 is 0 Å². The maximum Gasteiger partial charge on any atom is 0.410 e. The van der Waals surface area contributed by atoms with Crippen molar-refractivity contribution in [3.05, 3.63) is 72.3 Å². The van der Waals surface area contributed by atoms with E-state index in [1.165, 1.54) is 22.3 Å². The minimum atomic E-state index is -0.485. The summed E-state index contributed by atoms with van der Waals surface area (Å²) in [6.07, 6.45) is 2.27. The zero-order valence-electron chi connectivity index (χ0n) is 15.7. The van der Waals surface area contributed by atoms with E-state index in [0.717, 1.165) is 6.42 Å². The van der Waals surface area contributed by atoms with Crippen molar-refractivity contribution in [1.82, 2.24) is 4.90 Å². The Labute approximate surface area is 160 Å². The van der Waals surface area contributed by atoms with Crippen LogP contribution in [-0.4, -0.2) is 42.9 Å². The number of carbonyl (C=O) groups is 1. The molecule has 1 aliphatic heterocycles. The number of morpholine rings is 1. The van der Waals surface area contributed by atoms with Crippen molar-refractivity contribution in [2.24, 2.45) is 0 Å². The first-order valence-electron chi connectivity index (χ1n) is 9.54. The fourth-order valence-corrected chi connectivity index (χ4v) is 4.26. The number of rotatable bonds is 4. The summed E-state index contributed by atoms with van der Waals surface area (Å²) < 4.78 is 11.4. The molecular weight excluding hydrogens is 338 g/mol. The van der Waals surface area contributed by atoms with Crippen LogP contribution < -0.4 is 0 Å². The molecule has 2 aliphatic rings. The molecule has 1 atom stereocenters. The predicted molar refractivity (Wildman–Crippen MR) is 106 cm³/mol. The summed E-state index contributed by atoms with van der Waals surface area (Å²) in [5, 5.41) is 0. The van der Waals surface area contributed by atoms with Gasteiger partial charge >= 0.3 is 6.09 Å². The lowest BCUT2D eigenvalue weighted by molar-refractivity contribution is -0.0423. The normalized spacial score (nSPS) is 21.4. The first kappa shape index (κ1) is 17.8. The highest BCUT2D eigenvalue weighted by molar-refractivity contribution is 5.79. The summed E-state index contributed by atoms with van der Waals surface area (Å²) in [5.74, 6) is 0.0714. The molecule has 4 rings (SSSR count). The van der Waals surface area contributed by atoms with Crippen LogP contribution in [0.1, 0.15) is 30.4 Å². The summed E-state index contributed by atoms with van der Waals surface area (Å²) in [5.41, 5.74) is 4.42. The Balaban J connectivity index is 1.55. The van der Waals surface area contributed by atoms with Crippen LogP contribution in [0.5, 0.6) is 0 Å². The molecule has 4 nitrogen and oxygen atoms in total. The predicted octanol–water partition coefficient (Wildman–Crippen LogP) is 4.60. The smallest absolute Gasteiger partial charge is 0.410 e. The van der Waals surface area contributed by atoms with Gasteiger partial charge in [-0.1, -0.05) is 61.5 Å². The second kappa shape index (κ2) is 7.20. The lowest BCUT2D eigenvalue weighted by Gasteiger charge is -2.43. The highest BCUT2D eigenvalue weighted by Crippen LogP contribution is 2.44. The molecule has 0 spiro atoms. The number of hydrogen-bond acceptors (Lipinski definition) is 3. The number of ether oxygens (including phenoxy) is 2. The summed E-state index contributed by atoms with van der Waals surface area (Å²) in [6.45, 7) is 7.83. The first-order chi connectivity index (χ1) is 13.2. The van der Waals surface area contributed by atoms with Crippen molar-refractivity contribution >= 4 is 6.09 Å². The Bertz CT molecular complexity index is 817. The zero-order chi connectivity index (χ0) is 18.9. The van der Waals surface area contributed by atoms with E-state index in [1.54, 1.807) is 4.90 Å². The third kappa shape index (κ3) is 2.94. The van der Waals surface area contributed by atoms with Crippen molar-refractivity contribution in [3.8, 4) is 11.1 Å². The van der Waals surface area contributed by atoms with E-state index in [-0.39, 0.29) is 12.0 Å². The molecule has 0 saturated carbocycles. The van der Waals surface area contributed by atoms with Gasteiger partial charge in [0.2, 0.25) is 0 Å².